The Morgan fingerprint density at radius 2 is 2.25 bits per heavy atom. The molecule has 0 spiro atoms. The fourth-order valence-corrected chi connectivity index (χ4v) is 1.80. The van der Waals surface area contributed by atoms with E-state index in [0.29, 0.717) is 0 Å². The zero-order valence-corrected chi connectivity index (χ0v) is 11.0. The topological polar surface area (TPSA) is 29.9 Å². The summed E-state index contributed by atoms with van der Waals surface area (Å²) in [5, 5.41) is 8.54. The normalized spacial score (nSPS) is 11.5. The summed E-state index contributed by atoms with van der Waals surface area (Å²) in [6, 6.07) is 0. The Balaban J connectivity index is 2.52. The van der Waals surface area contributed by atoms with Gasteiger partial charge in [-0.05, 0) is 33.7 Å². The highest BCUT2D eigenvalue weighted by Gasteiger charge is 2.11. The molecule has 0 saturated carbocycles. The molecule has 0 saturated heterocycles. The van der Waals surface area contributed by atoms with Gasteiger partial charge in [-0.3, -0.25) is 4.68 Å². The summed E-state index contributed by atoms with van der Waals surface area (Å²) < 4.78 is 1.96. The number of rotatable bonds is 6. The molecule has 1 aromatic rings. The molecule has 0 amide bonds. The van der Waals surface area contributed by atoms with Gasteiger partial charge in [-0.2, -0.15) is 5.10 Å². The van der Waals surface area contributed by atoms with Crippen molar-refractivity contribution in [3.05, 3.63) is 28.6 Å². The van der Waals surface area contributed by atoms with Gasteiger partial charge in [-0.25, -0.2) is 0 Å². The first kappa shape index (κ1) is 13.3. The summed E-state index contributed by atoms with van der Waals surface area (Å²) in [7, 11) is 0. The molecule has 1 heterocycles. The number of aryl methyl sites for hydroxylation is 2. The monoisotopic (exact) mass is 241 g/mol. The molecule has 90 valence electrons. The molecule has 4 heteroatoms. The van der Waals surface area contributed by atoms with Crippen molar-refractivity contribution in [3.8, 4) is 0 Å². The highest BCUT2D eigenvalue weighted by atomic mass is 35.5. The third-order valence-electron chi connectivity index (χ3n) is 2.47. The minimum Gasteiger partial charge on any atom is -0.311 e. The van der Waals surface area contributed by atoms with E-state index in [4.69, 9.17) is 11.6 Å². The van der Waals surface area contributed by atoms with E-state index in [-0.39, 0.29) is 0 Å². The quantitative estimate of drug-likeness (QED) is 0.613. The Bertz CT molecular complexity index is 355. The summed E-state index contributed by atoms with van der Waals surface area (Å²) in [4.78, 5) is 0. The van der Waals surface area contributed by atoms with Gasteiger partial charge >= 0.3 is 0 Å². The Kier molecular flexibility index (Phi) is 5.56. The van der Waals surface area contributed by atoms with Gasteiger partial charge in [-0.15, -0.1) is 0 Å². The van der Waals surface area contributed by atoms with Crippen LogP contribution in [0.2, 0.25) is 5.02 Å². The second-order valence-electron chi connectivity index (χ2n) is 3.70. The zero-order chi connectivity index (χ0) is 12.0. The summed E-state index contributed by atoms with van der Waals surface area (Å²) >= 11 is 6.20. The standard InChI is InChI=1S/C12H20ClN3/c1-4-6-7-8-14-9-11-12(13)10(3)15-16(11)5-2/h4,6,14H,5,7-9H2,1-3H3/b6-4+. The first-order valence-corrected chi connectivity index (χ1v) is 6.12. The van der Waals surface area contributed by atoms with Gasteiger partial charge in [0.15, 0.2) is 0 Å². The number of allylic oxidation sites excluding steroid dienone is 1. The minimum absolute atomic E-state index is 0.783. The van der Waals surface area contributed by atoms with E-state index in [1.165, 1.54) is 0 Å². The lowest BCUT2D eigenvalue weighted by Crippen LogP contribution is -2.17. The lowest BCUT2D eigenvalue weighted by molar-refractivity contribution is 0.581. The van der Waals surface area contributed by atoms with Crippen LogP contribution in [-0.4, -0.2) is 16.3 Å². The van der Waals surface area contributed by atoms with Gasteiger partial charge in [0.1, 0.15) is 0 Å². The van der Waals surface area contributed by atoms with Crippen LogP contribution < -0.4 is 5.32 Å². The van der Waals surface area contributed by atoms with Crippen LogP contribution in [0.25, 0.3) is 0 Å². The van der Waals surface area contributed by atoms with Crippen molar-refractivity contribution in [3.63, 3.8) is 0 Å². The third-order valence-corrected chi connectivity index (χ3v) is 2.96. The van der Waals surface area contributed by atoms with Gasteiger partial charge in [0.25, 0.3) is 0 Å². The Labute approximate surface area is 102 Å². The summed E-state index contributed by atoms with van der Waals surface area (Å²) in [6.07, 6.45) is 5.26. The average Bonchev–Trinajstić information content (AvgIpc) is 2.56. The van der Waals surface area contributed by atoms with Gasteiger partial charge in [-0.1, -0.05) is 23.8 Å². The summed E-state index contributed by atoms with van der Waals surface area (Å²) in [6.45, 7) is 8.66. The molecule has 0 atom stereocenters. The van der Waals surface area contributed by atoms with E-state index in [2.05, 4.69) is 29.5 Å². The fourth-order valence-electron chi connectivity index (χ4n) is 1.60. The van der Waals surface area contributed by atoms with Gasteiger partial charge in [0.05, 0.1) is 16.4 Å². The predicted octanol–water partition coefficient (Wildman–Crippen LogP) is 2.92. The van der Waals surface area contributed by atoms with E-state index in [1.807, 2.05) is 18.5 Å². The maximum atomic E-state index is 6.20. The molecule has 3 nitrogen and oxygen atoms in total. The van der Waals surface area contributed by atoms with Gasteiger partial charge in [0, 0.05) is 13.1 Å². The Morgan fingerprint density at radius 3 is 2.88 bits per heavy atom. The predicted molar refractivity (Wildman–Crippen MR) is 68.8 cm³/mol. The first-order valence-electron chi connectivity index (χ1n) is 5.74. The van der Waals surface area contributed by atoms with Crippen LogP contribution in [-0.2, 0) is 13.1 Å². The molecule has 0 aliphatic carbocycles. The number of hydrogen-bond acceptors (Lipinski definition) is 2. The van der Waals surface area contributed by atoms with E-state index in [9.17, 15) is 0 Å². The first-order chi connectivity index (χ1) is 7.70. The SMILES string of the molecule is C/C=C/CCNCc1c(Cl)c(C)nn1CC. The Hall–Kier alpha value is -0.800. The summed E-state index contributed by atoms with van der Waals surface area (Å²) in [5.74, 6) is 0. The van der Waals surface area contributed by atoms with Crippen LogP contribution in [0.15, 0.2) is 12.2 Å². The molecule has 1 rings (SSSR count). The van der Waals surface area contributed by atoms with Crippen LogP contribution in [0.3, 0.4) is 0 Å². The number of halogens is 1. The molecule has 1 aromatic heterocycles. The van der Waals surface area contributed by atoms with Crippen LogP contribution in [0.1, 0.15) is 31.7 Å². The molecule has 0 fully saturated rings. The molecular formula is C12H20ClN3. The van der Waals surface area contributed by atoms with Crippen LogP contribution >= 0.6 is 11.6 Å². The maximum Gasteiger partial charge on any atom is 0.0860 e. The van der Waals surface area contributed by atoms with E-state index >= 15 is 0 Å². The van der Waals surface area contributed by atoms with E-state index in [1.54, 1.807) is 0 Å². The molecule has 0 radical (unpaired) electrons. The van der Waals surface area contributed by atoms with Crippen LogP contribution in [0, 0.1) is 6.92 Å². The number of nitrogens with one attached hydrogen (secondary N) is 1. The third kappa shape index (κ3) is 3.35. The highest BCUT2D eigenvalue weighted by Crippen LogP contribution is 2.19. The number of hydrogen-bond donors (Lipinski definition) is 1. The number of aromatic nitrogens is 2. The minimum atomic E-state index is 0.783. The molecule has 0 unspecified atom stereocenters. The van der Waals surface area contributed by atoms with Crippen molar-refractivity contribution in [2.24, 2.45) is 0 Å². The van der Waals surface area contributed by atoms with E-state index in [0.717, 1.165) is 42.5 Å². The molecule has 0 aromatic carbocycles. The van der Waals surface area contributed by atoms with E-state index < -0.39 is 0 Å². The van der Waals surface area contributed by atoms with Crippen LogP contribution in [0.5, 0.6) is 0 Å². The largest absolute Gasteiger partial charge is 0.311 e. The fraction of sp³-hybridized carbons (Fsp3) is 0.583. The summed E-state index contributed by atoms with van der Waals surface area (Å²) in [5.41, 5.74) is 2.00. The molecule has 16 heavy (non-hydrogen) atoms. The van der Waals surface area contributed by atoms with Crippen molar-refractivity contribution in [1.82, 2.24) is 15.1 Å². The molecule has 0 aliphatic rings. The smallest absolute Gasteiger partial charge is 0.0860 e. The van der Waals surface area contributed by atoms with Crippen molar-refractivity contribution in [1.29, 1.82) is 0 Å². The second kappa shape index (κ2) is 6.71. The average molecular weight is 242 g/mol. The van der Waals surface area contributed by atoms with Crippen LogP contribution in [0.4, 0.5) is 0 Å². The van der Waals surface area contributed by atoms with Gasteiger partial charge < -0.3 is 5.32 Å². The van der Waals surface area contributed by atoms with Crippen molar-refractivity contribution >= 4 is 11.6 Å². The lowest BCUT2D eigenvalue weighted by atomic mass is 10.3. The molecular weight excluding hydrogens is 222 g/mol. The Morgan fingerprint density at radius 1 is 1.50 bits per heavy atom. The van der Waals surface area contributed by atoms with Crippen molar-refractivity contribution in [2.75, 3.05) is 6.54 Å². The van der Waals surface area contributed by atoms with Crippen molar-refractivity contribution in [2.45, 2.75) is 40.3 Å². The maximum absolute atomic E-state index is 6.20. The lowest BCUT2D eigenvalue weighted by Gasteiger charge is -2.06. The molecule has 0 bridgehead atoms. The molecule has 0 aliphatic heterocycles. The zero-order valence-electron chi connectivity index (χ0n) is 10.3. The second-order valence-corrected chi connectivity index (χ2v) is 4.07. The van der Waals surface area contributed by atoms with Crippen molar-refractivity contribution < 1.29 is 0 Å². The highest BCUT2D eigenvalue weighted by molar-refractivity contribution is 6.31. The number of nitrogens with zero attached hydrogens (tertiary/aromatic N) is 2. The molecule has 1 N–H and O–H groups in total. The van der Waals surface area contributed by atoms with Gasteiger partial charge in [0.2, 0.25) is 0 Å².